The molecule has 2 aliphatic heterocycles. The van der Waals surface area contributed by atoms with E-state index in [1.165, 1.54) is 6.07 Å². The van der Waals surface area contributed by atoms with Crippen LogP contribution in [-0.2, 0) is 0 Å². The van der Waals surface area contributed by atoms with Crippen LogP contribution in [0.2, 0.25) is 0 Å². The number of rotatable bonds is 3. The van der Waals surface area contributed by atoms with Gasteiger partial charge in [0.1, 0.15) is 5.69 Å². The van der Waals surface area contributed by atoms with E-state index in [0.717, 1.165) is 45.4 Å². The highest BCUT2D eigenvalue weighted by Gasteiger charge is 2.26. The summed E-state index contributed by atoms with van der Waals surface area (Å²) in [6, 6.07) is 4.94. The molecule has 1 aromatic rings. The second kappa shape index (κ2) is 9.19. The van der Waals surface area contributed by atoms with Crippen molar-refractivity contribution in [3.63, 3.8) is 0 Å². The molecule has 2 aliphatic rings. The molecule has 1 N–H and O–H groups in total. The summed E-state index contributed by atoms with van der Waals surface area (Å²) < 4.78 is 0. The molecular formula is C18H27ClN4O3. The number of nitrogens with one attached hydrogen (secondary N) is 1. The number of nitro benzene ring substituents is 1. The smallest absolute Gasteiger partial charge is 0.293 e. The number of nitro groups is 1. The number of halogens is 1. The predicted octanol–water partition coefficient (Wildman–Crippen LogP) is 2.69. The molecule has 26 heavy (non-hydrogen) atoms. The van der Waals surface area contributed by atoms with Gasteiger partial charge in [-0.2, -0.15) is 0 Å². The third-order valence-corrected chi connectivity index (χ3v) is 5.17. The molecule has 0 radical (unpaired) electrons. The molecule has 0 atom stereocenters. The number of carbonyl (C=O) groups excluding carboxylic acids is 1. The van der Waals surface area contributed by atoms with Crippen LogP contribution in [0.25, 0.3) is 0 Å². The van der Waals surface area contributed by atoms with Crippen LogP contribution < -0.4 is 10.2 Å². The molecule has 2 heterocycles. The van der Waals surface area contributed by atoms with Crippen molar-refractivity contribution in [3.8, 4) is 0 Å². The van der Waals surface area contributed by atoms with Gasteiger partial charge in [-0.3, -0.25) is 14.9 Å². The van der Waals surface area contributed by atoms with Gasteiger partial charge in [0, 0.05) is 44.4 Å². The summed E-state index contributed by atoms with van der Waals surface area (Å²) in [4.78, 5) is 27.8. The summed E-state index contributed by atoms with van der Waals surface area (Å²) in [6.07, 6.45) is 2.98. The maximum atomic E-state index is 12.7. The van der Waals surface area contributed by atoms with E-state index >= 15 is 0 Å². The fourth-order valence-corrected chi connectivity index (χ4v) is 3.55. The van der Waals surface area contributed by atoms with Crippen LogP contribution in [0.3, 0.4) is 0 Å². The van der Waals surface area contributed by atoms with E-state index < -0.39 is 0 Å². The van der Waals surface area contributed by atoms with Crippen molar-refractivity contribution in [1.82, 2.24) is 10.2 Å². The lowest BCUT2D eigenvalue weighted by atomic mass is 9.98. The first-order valence-electron chi connectivity index (χ1n) is 9.09. The molecule has 1 amide bonds. The lowest BCUT2D eigenvalue weighted by Crippen LogP contribution is -2.35. The van der Waals surface area contributed by atoms with Crippen molar-refractivity contribution in [1.29, 1.82) is 0 Å². The van der Waals surface area contributed by atoms with E-state index in [0.29, 0.717) is 30.3 Å². The minimum atomic E-state index is -0.367. The Labute approximate surface area is 160 Å². The second-order valence-corrected chi connectivity index (χ2v) is 7.03. The number of nitrogens with zero attached hydrogens (tertiary/aromatic N) is 3. The van der Waals surface area contributed by atoms with E-state index in [1.807, 2.05) is 0 Å². The van der Waals surface area contributed by atoms with Crippen LogP contribution in [0.1, 0.15) is 36.5 Å². The Bertz CT molecular complexity index is 639. The first kappa shape index (κ1) is 20.5. The molecular weight excluding hydrogens is 356 g/mol. The fraction of sp³-hybridized carbons (Fsp3) is 0.611. The fourth-order valence-electron chi connectivity index (χ4n) is 3.55. The average Bonchev–Trinajstić information content (AvgIpc) is 2.90. The monoisotopic (exact) mass is 382 g/mol. The first-order valence-corrected chi connectivity index (χ1v) is 9.09. The van der Waals surface area contributed by atoms with Crippen LogP contribution in [0, 0.1) is 16.0 Å². The second-order valence-electron chi connectivity index (χ2n) is 7.03. The van der Waals surface area contributed by atoms with E-state index in [-0.39, 0.29) is 28.9 Å². The van der Waals surface area contributed by atoms with Crippen molar-refractivity contribution < 1.29 is 9.72 Å². The van der Waals surface area contributed by atoms with Gasteiger partial charge in [-0.1, -0.05) is 6.92 Å². The molecule has 7 nitrogen and oxygen atoms in total. The zero-order chi connectivity index (χ0) is 17.8. The average molecular weight is 383 g/mol. The molecule has 3 rings (SSSR count). The summed E-state index contributed by atoms with van der Waals surface area (Å²) in [7, 11) is 0. The molecule has 0 saturated carbocycles. The predicted molar refractivity (Wildman–Crippen MR) is 104 cm³/mol. The number of anilines is 1. The van der Waals surface area contributed by atoms with Crippen molar-refractivity contribution in [2.45, 2.75) is 26.2 Å². The van der Waals surface area contributed by atoms with Crippen LogP contribution in [0.4, 0.5) is 11.4 Å². The summed E-state index contributed by atoms with van der Waals surface area (Å²) >= 11 is 0. The van der Waals surface area contributed by atoms with Crippen LogP contribution in [0.5, 0.6) is 0 Å². The highest BCUT2D eigenvalue weighted by atomic mass is 35.5. The van der Waals surface area contributed by atoms with Gasteiger partial charge < -0.3 is 15.1 Å². The van der Waals surface area contributed by atoms with Crippen LogP contribution in [-0.4, -0.2) is 55.0 Å². The minimum absolute atomic E-state index is 0. The summed E-state index contributed by atoms with van der Waals surface area (Å²) in [5.41, 5.74) is 1.07. The van der Waals surface area contributed by atoms with E-state index in [1.54, 1.807) is 17.0 Å². The highest BCUT2D eigenvalue weighted by molar-refractivity contribution is 5.95. The van der Waals surface area contributed by atoms with Gasteiger partial charge in [-0.05, 0) is 43.9 Å². The number of benzene rings is 1. The Morgan fingerprint density at radius 2 is 1.92 bits per heavy atom. The van der Waals surface area contributed by atoms with Gasteiger partial charge in [0.05, 0.1) is 4.92 Å². The quantitative estimate of drug-likeness (QED) is 0.642. The van der Waals surface area contributed by atoms with Crippen LogP contribution in [0.15, 0.2) is 18.2 Å². The molecule has 8 heteroatoms. The Kier molecular flexibility index (Phi) is 7.23. The summed E-state index contributed by atoms with van der Waals surface area (Å²) in [6.45, 7) is 6.85. The Hall–Kier alpha value is -1.86. The van der Waals surface area contributed by atoms with E-state index in [2.05, 4.69) is 17.1 Å². The lowest BCUT2D eigenvalue weighted by Gasteiger charge is -2.31. The molecule has 0 spiro atoms. The van der Waals surface area contributed by atoms with E-state index in [4.69, 9.17) is 0 Å². The molecule has 0 aromatic heterocycles. The molecule has 2 fully saturated rings. The molecule has 0 bridgehead atoms. The van der Waals surface area contributed by atoms with Gasteiger partial charge in [0.25, 0.3) is 11.6 Å². The third-order valence-electron chi connectivity index (χ3n) is 5.17. The molecule has 2 saturated heterocycles. The zero-order valence-electron chi connectivity index (χ0n) is 15.1. The number of hydrogen-bond acceptors (Lipinski definition) is 5. The Balaban J connectivity index is 0.00000243. The van der Waals surface area contributed by atoms with Gasteiger partial charge in [0.15, 0.2) is 0 Å². The number of hydrogen-bond donors (Lipinski definition) is 1. The van der Waals surface area contributed by atoms with Crippen molar-refractivity contribution in [2.75, 3.05) is 44.2 Å². The molecule has 1 aromatic carbocycles. The maximum Gasteiger partial charge on any atom is 0.293 e. The molecule has 144 valence electrons. The Morgan fingerprint density at radius 1 is 1.19 bits per heavy atom. The SMILES string of the molecule is CC1CCN(c2ccc(C(=O)N3CCCNCC3)cc2[N+](=O)[O-])CC1.Cl. The topological polar surface area (TPSA) is 78.7 Å². The van der Waals surface area contributed by atoms with Crippen LogP contribution >= 0.6 is 12.4 Å². The van der Waals surface area contributed by atoms with E-state index in [9.17, 15) is 14.9 Å². The largest absolute Gasteiger partial charge is 0.366 e. The van der Waals surface area contributed by atoms with Gasteiger partial charge in [-0.15, -0.1) is 12.4 Å². The van der Waals surface area contributed by atoms with Crippen molar-refractivity contribution in [2.24, 2.45) is 5.92 Å². The summed E-state index contributed by atoms with van der Waals surface area (Å²) in [5, 5.41) is 14.8. The molecule has 0 unspecified atom stereocenters. The molecule has 0 aliphatic carbocycles. The maximum absolute atomic E-state index is 12.7. The van der Waals surface area contributed by atoms with Gasteiger partial charge in [0.2, 0.25) is 0 Å². The number of piperidine rings is 1. The third kappa shape index (κ3) is 4.65. The first-order chi connectivity index (χ1) is 12.1. The lowest BCUT2D eigenvalue weighted by molar-refractivity contribution is -0.384. The minimum Gasteiger partial charge on any atom is -0.366 e. The van der Waals surface area contributed by atoms with Gasteiger partial charge in [-0.25, -0.2) is 0 Å². The normalized spacial score (nSPS) is 18.8. The summed E-state index contributed by atoms with van der Waals surface area (Å²) in [5.74, 6) is 0.540. The zero-order valence-corrected chi connectivity index (χ0v) is 16.0. The highest BCUT2D eigenvalue weighted by Crippen LogP contribution is 2.32. The van der Waals surface area contributed by atoms with Gasteiger partial charge >= 0.3 is 0 Å². The number of carbonyl (C=O) groups is 1. The standard InChI is InChI=1S/C18H26N4O3.ClH/c1-14-5-10-20(11-6-14)16-4-3-15(13-17(16)22(24)25)18(23)21-9-2-7-19-8-12-21;/h3-4,13-14,19H,2,5-12H2,1H3;1H. The Morgan fingerprint density at radius 3 is 2.62 bits per heavy atom. The van der Waals surface area contributed by atoms with Crippen molar-refractivity contribution >= 4 is 29.7 Å². The number of amides is 1. The van der Waals surface area contributed by atoms with Crippen molar-refractivity contribution in [3.05, 3.63) is 33.9 Å².